The molecule has 0 unspecified atom stereocenters. The fourth-order valence-electron chi connectivity index (χ4n) is 10.6. The van der Waals surface area contributed by atoms with Crippen molar-refractivity contribution >= 4 is 41.2 Å². The van der Waals surface area contributed by atoms with Crippen LogP contribution in [0, 0.1) is 6.92 Å². The fraction of sp³-hybridized carbons (Fsp3) is 0.767. The van der Waals surface area contributed by atoms with Crippen LogP contribution in [0.4, 0.5) is 4.79 Å². The van der Waals surface area contributed by atoms with E-state index >= 15 is 0 Å². The zero-order valence-corrected chi connectivity index (χ0v) is 53.1. The summed E-state index contributed by atoms with van der Waals surface area (Å²) in [4.78, 5) is 39.6. The minimum atomic E-state index is -0.617. The van der Waals surface area contributed by atoms with Crippen LogP contribution in [0.1, 0.15) is 74.2 Å². The Morgan fingerprint density at radius 3 is 1.80 bits per heavy atom. The van der Waals surface area contributed by atoms with Gasteiger partial charge in [-0.15, -0.1) is 0 Å². The summed E-state index contributed by atoms with van der Waals surface area (Å²) < 4.78 is 69.3. The number of aryl methyl sites for hydroxylation is 2. The van der Waals surface area contributed by atoms with Crippen molar-refractivity contribution in [2.45, 2.75) is 106 Å². The highest BCUT2D eigenvalue weighted by molar-refractivity contribution is 8.00. The zero-order valence-electron chi connectivity index (χ0n) is 51.5. The van der Waals surface area contributed by atoms with Crippen molar-refractivity contribution in [2.24, 2.45) is 18.6 Å². The number of hydrazine groups is 1. The number of nitrogens with zero attached hydrogens (tertiary/aromatic N) is 4. The van der Waals surface area contributed by atoms with Crippen LogP contribution in [0.3, 0.4) is 0 Å². The quantitative estimate of drug-likeness (QED) is 0.0240. The van der Waals surface area contributed by atoms with E-state index in [1.54, 1.807) is 6.20 Å². The Balaban J connectivity index is 0.622. The van der Waals surface area contributed by atoms with Crippen molar-refractivity contribution in [3.05, 3.63) is 64.2 Å². The number of nitrogens with two attached hydrogens (primary N) is 2. The molecular formula is C60H101ClN10O15S. The largest absolute Gasteiger partial charge is 0.399 e. The van der Waals surface area contributed by atoms with E-state index in [4.69, 9.17) is 85.1 Å². The van der Waals surface area contributed by atoms with Crippen LogP contribution in [-0.2, 0) is 79.9 Å². The van der Waals surface area contributed by atoms with Crippen LogP contribution in [0.25, 0.3) is 0 Å². The minimum absolute atomic E-state index is 0.0361. The fourth-order valence-corrected chi connectivity index (χ4v) is 12.3. The third kappa shape index (κ3) is 29.7. The van der Waals surface area contributed by atoms with E-state index in [1.807, 2.05) is 35.6 Å². The van der Waals surface area contributed by atoms with Gasteiger partial charge in [0.15, 0.2) is 0 Å². The monoisotopic (exact) mass is 1270 g/mol. The Bertz CT molecular complexity index is 2200. The molecule has 0 radical (unpaired) electrons. The predicted molar refractivity (Wildman–Crippen MR) is 330 cm³/mol. The minimum Gasteiger partial charge on any atom is -0.399 e. The number of hydrogen-bond acceptors (Lipinski definition) is 21. The van der Waals surface area contributed by atoms with Crippen molar-refractivity contribution in [1.29, 1.82) is 0 Å². The molecule has 3 aliphatic heterocycles. The number of urea groups is 1. The lowest BCUT2D eigenvalue weighted by molar-refractivity contribution is -0.145. The molecule has 3 saturated heterocycles. The van der Waals surface area contributed by atoms with E-state index in [0.717, 1.165) is 57.1 Å². The van der Waals surface area contributed by atoms with Gasteiger partial charge in [-0.05, 0) is 75.6 Å². The highest BCUT2D eigenvalue weighted by Crippen LogP contribution is 2.37. The number of amides is 4. The van der Waals surface area contributed by atoms with E-state index in [2.05, 4.69) is 51.3 Å². The van der Waals surface area contributed by atoms with Gasteiger partial charge < -0.3 is 88.9 Å². The maximum atomic E-state index is 13.5. The summed E-state index contributed by atoms with van der Waals surface area (Å²) in [5.41, 5.74) is 10.2. The van der Waals surface area contributed by atoms with E-state index < -0.39 is 6.10 Å². The van der Waals surface area contributed by atoms with Crippen molar-refractivity contribution < 1.29 is 71.2 Å². The first-order chi connectivity index (χ1) is 42.5. The number of aromatic nitrogens is 2. The van der Waals surface area contributed by atoms with E-state index in [9.17, 15) is 14.4 Å². The molecule has 4 heterocycles. The van der Waals surface area contributed by atoms with Gasteiger partial charge in [-0.2, -0.15) is 16.9 Å². The second-order valence-electron chi connectivity index (χ2n) is 22.0. The highest BCUT2D eigenvalue weighted by Gasteiger charge is 2.43. The SMILES string of the molecule is Cc1cc(C2CCC(N3C[C@H](C(=O)NC/C(N)=C/N(N)CCOCCOCCOCCOCCOCCOCCOCCOCCOCCOCCOCCNC(=O)CCCC[C@@H]4SC[C@@H]5NC(=O)N[C@@H]54)OC[C@@H]3Cc3ccc(Cl)cc3)CC2)nn1C. The molecule has 0 bridgehead atoms. The Morgan fingerprint density at radius 2 is 1.28 bits per heavy atom. The van der Waals surface area contributed by atoms with Gasteiger partial charge in [-0.25, -0.2) is 10.6 Å². The predicted octanol–water partition coefficient (Wildman–Crippen LogP) is 2.84. The van der Waals surface area contributed by atoms with Crippen LogP contribution >= 0.6 is 23.4 Å². The first kappa shape index (κ1) is 72.1. The number of unbranched alkanes of at least 4 members (excludes halogenated alkanes) is 1. The molecule has 494 valence electrons. The first-order valence-electron chi connectivity index (χ1n) is 31.2. The molecule has 1 aliphatic carbocycles. The van der Waals surface area contributed by atoms with Crippen molar-refractivity contribution in [2.75, 3.05) is 184 Å². The maximum Gasteiger partial charge on any atom is 0.315 e. The number of benzene rings is 1. The molecule has 4 fully saturated rings. The van der Waals surface area contributed by atoms with Crippen LogP contribution in [0.5, 0.6) is 0 Å². The third-order valence-electron chi connectivity index (χ3n) is 15.4. The first-order valence-corrected chi connectivity index (χ1v) is 32.6. The number of fused-ring (bicyclic) bond motifs is 1. The van der Waals surface area contributed by atoms with Crippen molar-refractivity contribution in [3.8, 4) is 0 Å². The van der Waals surface area contributed by atoms with Gasteiger partial charge in [0.2, 0.25) is 5.91 Å². The van der Waals surface area contributed by atoms with Gasteiger partial charge in [0.05, 0.1) is 183 Å². The van der Waals surface area contributed by atoms with Crippen LogP contribution in [0.15, 0.2) is 42.2 Å². The van der Waals surface area contributed by atoms with Gasteiger partial charge in [-0.1, -0.05) is 30.2 Å². The lowest BCUT2D eigenvalue weighted by atomic mass is 9.82. The summed E-state index contributed by atoms with van der Waals surface area (Å²) in [6, 6.07) is 11.0. The molecule has 87 heavy (non-hydrogen) atoms. The molecule has 1 aromatic carbocycles. The van der Waals surface area contributed by atoms with Crippen LogP contribution < -0.4 is 32.8 Å². The molecule has 5 atom stereocenters. The normalized spacial score (nSPS) is 21.4. The number of carbonyl (C=O) groups excluding carboxylic acids is 3. The van der Waals surface area contributed by atoms with Gasteiger partial charge >= 0.3 is 6.03 Å². The summed E-state index contributed by atoms with van der Waals surface area (Å²) in [7, 11) is 2.00. The number of nitrogens with one attached hydrogen (secondary N) is 4. The lowest BCUT2D eigenvalue weighted by Crippen LogP contribution is -2.58. The van der Waals surface area contributed by atoms with E-state index in [-0.39, 0.29) is 42.5 Å². The smallest absolute Gasteiger partial charge is 0.315 e. The lowest BCUT2D eigenvalue weighted by Gasteiger charge is -2.45. The number of morpholine rings is 1. The molecular weight excluding hydrogens is 1170 g/mol. The topological polar surface area (TPSA) is 286 Å². The number of rotatable bonds is 49. The molecule has 4 aliphatic rings. The summed E-state index contributed by atoms with van der Waals surface area (Å²) >= 11 is 8.09. The van der Waals surface area contributed by atoms with E-state index in [1.165, 1.54) is 22.0 Å². The molecule has 2 aromatic rings. The van der Waals surface area contributed by atoms with Gasteiger partial charge in [0, 0.05) is 78.2 Å². The van der Waals surface area contributed by atoms with Crippen LogP contribution in [-0.4, -0.2) is 257 Å². The summed E-state index contributed by atoms with van der Waals surface area (Å²) in [6.07, 6.45) is 9.28. The van der Waals surface area contributed by atoms with Crippen molar-refractivity contribution in [3.63, 3.8) is 0 Å². The number of carbonyl (C=O) groups is 3. The highest BCUT2D eigenvalue weighted by atomic mass is 35.5. The Hall–Kier alpha value is -3.94. The number of ether oxygens (including phenoxy) is 12. The standard InChI is InChI=1S/C60H101ClN10O15S/c1-46-39-53(68-69(46)2)48-9-13-51(14-10-48)71-43-55(86-44-52(71)40-47-7-11-49(61)12-8-47)59(73)65-41-50(62)42-70(63)16-18-76-20-22-78-24-26-80-28-30-82-32-34-84-36-38-85-37-35-83-33-31-81-29-27-79-25-23-77-21-19-75-17-15-64-57(72)6-4-3-5-56-58-54(45-87-56)66-60(74)67-58/h7-8,11-12,39,42,48,51-52,54-56,58H,3-6,9-10,13-38,40-41,43-45,62-63H2,1-2H3,(H,64,72)(H,65,73)(H2,66,67,74)/b50-42-/t48?,51?,52-,54-,55+,56-,58-/m0/s1. The second kappa shape index (κ2) is 43.7. The zero-order chi connectivity index (χ0) is 61.5. The number of hydrogen-bond donors (Lipinski definition) is 6. The Morgan fingerprint density at radius 1 is 0.747 bits per heavy atom. The summed E-state index contributed by atoms with van der Waals surface area (Å²) in [6.45, 7) is 14.0. The number of thioether (sulfide) groups is 1. The molecule has 6 rings (SSSR count). The molecule has 4 amide bonds. The molecule has 1 aromatic heterocycles. The average Bonchev–Trinajstić information content (AvgIpc) is 3.50. The average molecular weight is 1270 g/mol. The maximum absolute atomic E-state index is 13.5. The Kier molecular flexibility index (Phi) is 36.2. The molecule has 25 nitrogen and oxygen atoms in total. The summed E-state index contributed by atoms with van der Waals surface area (Å²) in [5, 5.41) is 19.2. The van der Waals surface area contributed by atoms with Gasteiger partial charge in [0.25, 0.3) is 5.91 Å². The van der Waals surface area contributed by atoms with Gasteiger partial charge in [-0.3, -0.25) is 19.2 Å². The second-order valence-corrected chi connectivity index (χ2v) is 23.7. The number of halogens is 1. The summed E-state index contributed by atoms with van der Waals surface area (Å²) in [5.74, 6) is 7.39. The van der Waals surface area contributed by atoms with Gasteiger partial charge in [0.1, 0.15) is 6.10 Å². The molecule has 0 spiro atoms. The molecule has 1 saturated carbocycles. The van der Waals surface area contributed by atoms with E-state index in [0.29, 0.717) is 206 Å². The van der Waals surface area contributed by atoms with Crippen LogP contribution in [0.2, 0.25) is 5.02 Å². The van der Waals surface area contributed by atoms with Crippen molar-refractivity contribution in [1.82, 2.24) is 41.0 Å². The Labute approximate surface area is 524 Å². The third-order valence-corrected chi connectivity index (χ3v) is 17.2. The molecule has 8 N–H and O–H groups in total. The molecule has 27 heteroatoms.